The Balaban J connectivity index is 1.67. The van der Waals surface area contributed by atoms with Crippen LogP contribution >= 0.6 is 0 Å². The lowest BCUT2D eigenvalue weighted by molar-refractivity contribution is -0.152. The Labute approximate surface area is 251 Å². The Morgan fingerprint density at radius 2 is 1.67 bits per heavy atom. The first-order chi connectivity index (χ1) is 20.2. The Kier molecular flexibility index (Phi) is 9.12. The van der Waals surface area contributed by atoms with Crippen LogP contribution in [0.4, 0.5) is 4.79 Å². The molecular formula is C32H40N4O7. The summed E-state index contributed by atoms with van der Waals surface area (Å²) < 4.78 is 22.3. The van der Waals surface area contributed by atoms with Gasteiger partial charge in [0, 0.05) is 12.0 Å². The van der Waals surface area contributed by atoms with Crippen LogP contribution in [0.25, 0.3) is 22.3 Å². The maximum Gasteiger partial charge on any atom is 0.408 e. The van der Waals surface area contributed by atoms with Crippen molar-refractivity contribution in [2.45, 2.75) is 71.8 Å². The standard InChI is InChI=1S/C32H40N4O7/c1-31(2,3)25(34-30(39)43-32(4,5)6)28(37)36-18-21(17-24(36)29(38)41-8)42-27-22-16-20(40-7)14-15-23(22)33-26(35-27)19-12-10-9-11-13-19/h9-16,21,24-25H,17-18H2,1-8H3,(H,34,39)/t21-,24+,25-/m1/s1. The van der Waals surface area contributed by atoms with E-state index in [1.54, 1.807) is 40.0 Å². The molecule has 0 bridgehead atoms. The largest absolute Gasteiger partial charge is 0.497 e. The van der Waals surface area contributed by atoms with Crippen LogP contribution in [0.5, 0.6) is 11.6 Å². The van der Waals surface area contributed by atoms with Crippen LogP contribution in [-0.2, 0) is 19.1 Å². The summed E-state index contributed by atoms with van der Waals surface area (Å²) in [6.07, 6.45) is -1.17. The number of aromatic nitrogens is 2. The number of rotatable bonds is 7. The first kappa shape index (κ1) is 31.5. The molecule has 11 heteroatoms. The molecule has 1 aliphatic rings. The number of carbonyl (C=O) groups excluding carboxylic acids is 3. The van der Waals surface area contributed by atoms with Crippen LogP contribution in [0.2, 0.25) is 0 Å². The van der Waals surface area contributed by atoms with E-state index in [1.807, 2.05) is 57.2 Å². The Bertz CT molecular complexity index is 1480. The van der Waals surface area contributed by atoms with E-state index in [4.69, 9.17) is 28.9 Å². The second-order valence-corrected chi connectivity index (χ2v) is 12.6. The molecule has 0 spiro atoms. The van der Waals surface area contributed by atoms with Crippen molar-refractivity contribution in [3.05, 3.63) is 48.5 Å². The predicted molar refractivity (Wildman–Crippen MR) is 161 cm³/mol. The summed E-state index contributed by atoms with van der Waals surface area (Å²) in [6.45, 7) is 10.8. The lowest BCUT2D eigenvalue weighted by atomic mass is 9.85. The van der Waals surface area contributed by atoms with Gasteiger partial charge in [0.15, 0.2) is 5.82 Å². The topological polar surface area (TPSA) is 129 Å². The van der Waals surface area contributed by atoms with Crippen molar-refractivity contribution >= 4 is 28.9 Å². The first-order valence-electron chi connectivity index (χ1n) is 14.2. The van der Waals surface area contributed by atoms with Crippen LogP contribution < -0.4 is 14.8 Å². The average Bonchev–Trinajstić information content (AvgIpc) is 3.37. The first-order valence-corrected chi connectivity index (χ1v) is 14.2. The number of hydrogen-bond acceptors (Lipinski definition) is 9. The number of likely N-dealkylation sites (tertiary alicyclic amines) is 1. The quantitative estimate of drug-likeness (QED) is 0.386. The molecule has 43 heavy (non-hydrogen) atoms. The van der Waals surface area contributed by atoms with Crippen molar-refractivity contribution in [2.75, 3.05) is 20.8 Å². The third kappa shape index (κ3) is 7.52. The van der Waals surface area contributed by atoms with E-state index in [0.717, 1.165) is 5.56 Å². The van der Waals surface area contributed by atoms with Gasteiger partial charge in [0.1, 0.15) is 29.5 Å². The second kappa shape index (κ2) is 12.4. The van der Waals surface area contributed by atoms with Crippen molar-refractivity contribution in [1.29, 1.82) is 0 Å². The van der Waals surface area contributed by atoms with Crippen LogP contribution in [-0.4, -0.2) is 77.4 Å². The molecule has 4 rings (SSSR count). The van der Waals surface area contributed by atoms with Crippen LogP contribution in [0.3, 0.4) is 0 Å². The molecular weight excluding hydrogens is 552 g/mol. The van der Waals surface area contributed by atoms with E-state index in [2.05, 4.69) is 5.32 Å². The molecule has 3 atom stereocenters. The number of methoxy groups -OCH3 is 2. The van der Waals surface area contributed by atoms with Gasteiger partial charge in [-0.3, -0.25) is 4.79 Å². The molecule has 3 aromatic rings. The average molecular weight is 593 g/mol. The summed E-state index contributed by atoms with van der Waals surface area (Å²) in [5, 5.41) is 3.34. The molecule has 0 radical (unpaired) electrons. The number of benzene rings is 2. The molecule has 1 saturated heterocycles. The SMILES string of the molecule is COC(=O)[C@@H]1C[C@@H](Oc2nc(-c3ccccc3)nc3ccc(OC)cc23)CN1C(=O)[C@@H](NC(=O)OC(C)(C)C)C(C)(C)C. The molecule has 2 aromatic carbocycles. The molecule has 1 aromatic heterocycles. The fourth-order valence-electron chi connectivity index (χ4n) is 4.90. The van der Waals surface area contributed by atoms with Crippen molar-refractivity contribution in [3.8, 4) is 23.0 Å². The fourth-order valence-corrected chi connectivity index (χ4v) is 4.90. The second-order valence-electron chi connectivity index (χ2n) is 12.6. The minimum Gasteiger partial charge on any atom is -0.497 e. The highest BCUT2D eigenvalue weighted by atomic mass is 16.6. The number of nitrogens with one attached hydrogen (secondary N) is 1. The van der Waals surface area contributed by atoms with E-state index >= 15 is 0 Å². The number of alkyl carbamates (subject to hydrolysis) is 1. The highest BCUT2D eigenvalue weighted by molar-refractivity contribution is 5.91. The number of hydrogen-bond donors (Lipinski definition) is 1. The predicted octanol–water partition coefficient (Wildman–Crippen LogP) is 4.77. The summed E-state index contributed by atoms with van der Waals surface area (Å²) in [5.41, 5.74) is 0.00650. The zero-order valence-corrected chi connectivity index (χ0v) is 26.0. The maximum atomic E-state index is 14.0. The molecule has 0 aliphatic carbocycles. The third-order valence-corrected chi connectivity index (χ3v) is 6.97. The van der Waals surface area contributed by atoms with Gasteiger partial charge in [0.05, 0.1) is 31.7 Å². The molecule has 0 unspecified atom stereocenters. The van der Waals surface area contributed by atoms with Gasteiger partial charge in [-0.1, -0.05) is 51.1 Å². The fraction of sp³-hybridized carbons (Fsp3) is 0.469. The minimum absolute atomic E-state index is 0.0668. The zero-order chi connectivity index (χ0) is 31.5. The van der Waals surface area contributed by atoms with Gasteiger partial charge in [-0.15, -0.1) is 0 Å². The zero-order valence-electron chi connectivity index (χ0n) is 26.0. The Morgan fingerprint density at radius 3 is 2.28 bits per heavy atom. The van der Waals surface area contributed by atoms with Crippen molar-refractivity contribution in [3.63, 3.8) is 0 Å². The van der Waals surface area contributed by atoms with Gasteiger partial charge in [0.25, 0.3) is 0 Å². The Hall–Kier alpha value is -4.41. The van der Waals surface area contributed by atoms with Gasteiger partial charge in [-0.05, 0) is 44.4 Å². The normalized spacial score (nSPS) is 17.7. The third-order valence-electron chi connectivity index (χ3n) is 6.97. The van der Waals surface area contributed by atoms with Crippen molar-refractivity contribution < 1.29 is 33.3 Å². The minimum atomic E-state index is -0.984. The van der Waals surface area contributed by atoms with Gasteiger partial charge < -0.3 is 29.2 Å². The smallest absolute Gasteiger partial charge is 0.408 e. The Morgan fingerprint density at radius 1 is 0.977 bits per heavy atom. The summed E-state index contributed by atoms with van der Waals surface area (Å²) in [7, 11) is 2.84. The number of nitrogens with zero attached hydrogens (tertiary/aromatic N) is 3. The number of carbonyl (C=O) groups is 3. The summed E-state index contributed by atoms with van der Waals surface area (Å²) in [6, 6.07) is 13.0. The van der Waals surface area contributed by atoms with E-state index in [9.17, 15) is 14.4 Å². The number of amides is 2. The van der Waals surface area contributed by atoms with Gasteiger partial charge in [-0.2, -0.15) is 4.98 Å². The van der Waals surface area contributed by atoms with E-state index in [1.165, 1.54) is 12.0 Å². The van der Waals surface area contributed by atoms with Crippen LogP contribution in [0, 0.1) is 5.41 Å². The molecule has 0 saturated carbocycles. The molecule has 1 aliphatic heterocycles. The van der Waals surface area contributed by atoms with Gasteiger partial charge in [-0.25, -0.2) is 14.6 Å². The number of esters is 1. The molecule has 11 nitrogen and oxygen atoms in total. The van der Waals surface area contributed by atoms with Crippen molar-refractivity contribution in [2.24, 2.45) is 5.41 Å². The molecule has 1 fully saturated rings. The number of fused-ring (bicyclic) bond motifs is 1. The van der Waals surface area contributed by atoms with Gasteiger partial charge in [0.2, 0.25) is 11.8 Å². The van der Waals surface area contributed by atoms with E-state index < -0.39 is 47.2 Å². The van der Waals surface area contributed by atoms with E-state index in [-0.39, 0.29) is 13.0 Å². The molecule has 1 N–H and O–H groups in total. The van der Waals surface area contributed by atoms with Gasteiger partial charge >= 0.3 is 12.1 Å². The lowest BCUT2D eigenvalue weighted by Crippen LogP contribution is -2.57. The molecule has 2 heterocycles. The summed E-state index contributed by atoms with van der Waals surface area (Å²) >= 11 is 0. The molecule has 230 valence electrons. The molecule has 2 amide bonds. The van der Waals surface area contributed by atoms with Crippen LogP contribution in [0.15, 0.2) is 48.5 Å². The summed E-state index contributed by atoms with van der Waals surface area (Å²) in [5.74, 6) is 0.343. The maximum absolute atomic E-state index is 14.0. The van der Waals surface area contributed by atoms with E-state index in [0.29, 0.717) is 28.4 Å². The lowest BCUT2D eigenvalue weighted by Gasteiger charge is -2.35. The summed E-state index contributed by atoms with van der Waals surface area (Å²) in [4.78, 5) is 50.5. The number of ether oxygens (including phenoxy) is 4. The van der Waals surface area contributed by atoms with Crippen LogP contribution in [0.1, 0.15) is 48.0 Å². The van der Waals surface area contributed by atoms with Crippen molar-refractivity contribution in [1.82, 2.24) is 20.2 Å². The highest BCUT2D eigenvalue weighted by Gasteiger charge is 2.46. The highest BCUT2D eigenvalue weighted by Crippen LogP contribution is 2.33. The monoisotopic (exact) mass is 592 g/mol.